The molecular formula is C20H26N2O3S2. The first-order chi connectivity index (χ1) is 12.8. The molecule has 3 rings (SSSR count). The predicted octanol–water partition coefficient (Wildman–Crippen LogP) is 4.20. The molecular weight excluding hydrogens is 380 g/mol. The minimum Gasteiger partial charge on any atom is -0.326 e. The lowest BCUT2D eigenvalue weighted by Gasteiger charge is -2.36. The van der Waals surface area contributed by atoms with E-state index in [4.69, 9.17) is 0 Å². The molecule has 2 N–H and O–H groups in total. The zero-order valence-electron chi connectivity index (χ0n) is 15.7. The fourth-order valence-corrected chi connectivity index (χ4v) is 6.20. The number of hydrogen-bond acceptors (Lipinski definition) is 4. The molecule has 0 radical (unpaired) electrons. The van der Waals surface area contributed by atoms with Gasteiger partial charge in [-0.3, -0.25) is 4.79 Å². The smallest absolute Gasteiger partial charge is 0.240 e. The summed E-state index contributed by atoms with van der Waals surface area (Å²) >= 11 is 1.71. The highest BCUT2D eigenvalue weighted by molar-refractivity contribution is 7.89. The van der Waals surface area contributed by atoms with E-state index in [1.807, 2.05) is 6.07 Å². The number of amides is 1. The van der Waals surface area contributed by atoms with Crippen molar-refractivity contribution < 1.29 is 13.2 Å². The van der Waals surface area contributed by atoms with Gasteiger partial charge in [-0.05, 0) is 55.0 Å². The third-order valence-electron chi connectivity index (χ3n) is 5.24. The van der Waals surface area contributed by atoms with Gasteiger partial charge in [-0.2, -0.15) is 0 Å². The van der Waals surface area contributed by atoms with Gasteiger partial charge in [0.05, 0.1) is 4.90 Å². The van der Waals surface area contributed by atoms with Gasteiger partial charge in [0, 0.05) is 29.4 Å². The summed E-state index contributed by atoms with van der Waals surface area (Å²) in [7, 11) is -3.62. The van der Waals surface area contributed by atoms with Gasteiger partial charge < -0.3 is 5.32 Å². The minimum atomic E-state index is -3.62. The van der Waals surface area contributed by atoms with Crippen LogP contribution in [0, 0.1) is 6.92 Å². The number of rotatable bonds is 6. The first kappa shape index (κ1) is 20.0. The second-order valence-electron chi connectivity index (χ2n) is 7.30. The van der Waals surface area contributed by atoms with Crippen molar-refractivity contribution in [1.82, 2.24) is 4.72 Å². The Bertz CT molecular complexity index is 899. The molecule has 0 aliphatic heterocycles. The van der Waals surface area contributed by atoms with Crippen LogP contribution in [0.1, 0.15) is 49.5 Å². The van der Waals surface area contributed by atoms with Crippen LogP contribution in [-0.4, -0.2) is 20.9 Å². The Morgan fingerprint density at radius 2 is 1.93 bits per heavy atom. The monoisotopic (exact) mass is 406 g/mol. The van der Waals surface area contributed by atoms with Crippen LogP contribution in [0.3, 0.4) is 0 Å². The van der Waals surface area contributed by atoms with Crippen molar-refractivity contribution in [3.05, 3.63) is 46.2 Å². The van der Waals surface area contributed by atoms with Gasteiger partial charge in [-0.25, -0.2) is 13.1 Å². The second-order valence-corrected chi connectivity index (χ2v) is 9.99. The fraction of sp³-hybridized carbons (Fsp3) is 0.450. The highest BCUT2D eigenvalue weighted by atomic mass is 32.2. The number of thiophene rings is 1. The molecule has 1 saturated carbocycles. The number of sulfonamides is 1. The predicted molar refractivity (Wildman–Crippen MR) is 110 cm³/mol. The average molecular weight is 407 g/mol. The zero-order chi connectivity index (χ0) is 19.5. The molecule has 0 bridgehead atoms. The molecule has 27 heavy (non-hydrogen) atoms. The molecule has 7 heteroatoms. The van der Waals surface area contributed by atoms with Crippen LogP contribution in [0.2, 0.25) is 0 Å². The third kappa shape index (κ3) is 4.59. The molecule has 0 spiro atoms. The number of carbonyl (C=O) groups is 1. The zero-order valence-corrected chi connectivity index (χ0v) is 17.4. The number of nitrogens with one attached hydrogen (secondary N) is 2. The van der Waals surface area contributed by atoms with Gasteiger partial charge in [0.25, 0.3) is 0 Å². The Hall–Kier alpha value is -1.70. The average Bonchev–Trinajstić information content (AvgIpc) is 3.15. The Balaban J connectivity index is 1.80. The van der Waals surface area contributed by atoms with Crippen molar-refractivity contribution in [2.24, 2.45) is 0 Å². The molecule has 1 aliphatic rings. The maximum Gasteiger partial charge on any atom is 0.240 e. The van der Waals surface area contributed by atoms with Crippen molar-refractivity contribution in [1.29, 1.82) is 0 Å². The van der Waals surface area contributed by atoms with E-state index in [0.717, 1.165) is 25.7 Å². The summed E-state index contributed by atoms with van der Waals surface area (Å²) in [6, 6.07) is 9.03. The quantitative estimate of drug-likeness (QED) is 0.755. The number of benzene rings is 1. The summed E-state index contributed by atoms with van der Waals surface area (Å²) < 4.78 is 28.8. The lowest BCUT2D eigenvalue weighted by molar-refractivity contribution is -0.114. The molecule has 2 aromatic rings. The standard InChI is InChI=1S/C20H26N2O3S2/c1-15-13-17(22-16(2)23)8-9-18(15)27(24,25)21-14-20(10-4-3-5-11-20)19-7-6-12-26-19/h6-9,12-13,21H,3-5,10-11,14H2,1-2H3,(H,22,23). The van der Waals surface area contributed by atoms with E-state index < -0.39 is 10.0 Å². The number of aryl methyl sites for hydroxylation is 1. The molecule has 1 fully saturated rings. The van der Waals surface area contributed by atoms with Gasteiger partial charge >= 0.3 is 0 Å². The number of carbonyl (C=O) groups excluding carboxylic acids is 1. The van der Waals surface area contributed by atoms with E-state index >= 15 is 0 Å². The minimum absolute atomic E-state index is 0.108. The Morgan fingerprint density at radius 1 is 1.19 bits per heavy atom. The van der Waals surface area contributed by atoms with E-state index in [1.54, 1.807) is 36.5 Å². The van der Waals surface area contributed by atoms with Crippen LogP contribution in [-0.2, 0) is 20.2 Å². The van der Waals surface area contributed by atoms with E-state index in [2.05, 4.69) is 21.5 Å². The van der Waals surface area contributed by atoms with Crippen molar-refractivity contribution in [3.63, 3.8) is 0 Å². The van der Waals surface area contributed by atoms with Crippen LogP contribution >= 0.6 is 11.3 Å². The molecule has 5 nitrogen and oxygen atoms in total. The highest BCUT2D eigenvalue weighted by Gasteiger charge is 2.36. The Labute approximate surface area is 165 Å². The Morgan fingerprint density at radius 3 is 2.52 bits per heavy atom. The van der Waals surface area contributed by atoms with Crippen molar-refractivity contribution in [2.75, 3.05) is 11.9 Å². The summed E-state index contributed by atoms with van der Waals surface area (Å²) in [6.45, 7) is 3.59. The van der Waals surface area contributed by atoms with E-state index in [9.17, 15) is 13.2 Å². The summed E-state index contributed by atoms with van der Waals surface area (Å²) in [5.41, 5.74) is 1.10. The molecule has 0 unspecified atom stereocenters. The van der Waals surface area contributed by atoms with E-state index in [1.165, 1.54) is 18.2 Å². The van der Waals surface area contributed by atoms with Crippen LogP contribution in [0.15, 0.2) is 40.6 Å². The van der Waals surface area contributed by atoms with Crippen molar-refractivity contribution in [2.45, 2.75) is 56.3 Å². The van der Waals surface area contributed by atoms with Gasteiger partial charge in [0.1, 0.15) is 0 Å². The summed E-state index contributed by atoms with van der Waals surface area (Å²) in [6.07, 6.45) is 5.49. The van der Waals surface area contributed by atoms with Gasteiger partial charge in [0.2, 0.25) is 15.9 Å². The third-order valence-corrected chi connectivity index (χ3v) is 7.92. The lowest BCUT2D eigenvalue weighted by Crippen LogP contribution is -2.41. The summed E-state index contributed by atoms with van der Waals surface area (Å²) in [5, 5.41) is 4.74. The normalized spacial score (nSPS) is 16.8. The Kier molecular flexibility index (Phi) is 6.03. The highest BCUT2D eigenvalue weighted by Crippen LogP contribution is 2.41. The van der Waals surface area contributed by atoms with Crippen molar-refractivity contribution in [3.8, 4) is 0 Å². The van der Waals surface area contributed by atoms with E-state index in [0.29, 0.717) is 17.8 Å². The molecule has 1 aromatic carbocycles. The molecule has 1 aliphatic carbocycles. The topological polar surface area (TPSA) is 75.3 Å². The van der Waals surface area contributed by atoms with Crippen LogP contribution < -0.4 is 10.0 Å². The molecule has 1 aromatic heterocycles. The lowest BCUT2D eigenvalue weighted by atomic mass is 9.73. The molecule has 146 valence electrons. The van der Waals surface area contributed by atoms with Crippen LogP contribution in [0.25, 0.3) is 0 Å². The molecule has 1 heterocycles. The van der Waals surface area contributed by atoms with Gasteiger partial charge in [0.15, 0.2) is 0 Å². The number of anilines is 1. The second kappa shape index (κ2) is 8.12. The SMILES string of the molecule is CC(=O)Nc1ccc(S(=O)(=O)NCC2(c3cccs3)CCCCC2)c(C)c1. The maximum absolute atomic E-state index is 12.9. The van der Waals surface area contributed by atoms with Crippen molar-refractivity contribution >= 4 is 33.0 Å². The maximum atomic E-state index is 12.9. The fourth-order valence-electron chi connectivity index (χ4n) is 3.86. The first-order valence-corrected chi connectivity index (χ1v) is 11.6. The summed E-state index contributed by atoms with van der Waals surface area (Å²) in [5.74, 6) is -0.182. The molecule has 0 saturated heterocycles. The van der Waals surface area contributed by atoms with Crippen LogP contribution in [0.5, 0.6) is 0 Å². The first-order valence-electron chi connectivity index (χ1n) is 9.24. The summed E-state index contributed by atoms with van der Waals surface area (Å²) in [4.78, 5) is 12.7. The van der Waals surface area contributed by atoms with Gasteiger partial charge in [-0.15, -0.1) is 11.3 Å². The largest absolute Gasteiger partial charge is 0.326 e. The van der Waals surface area contributed by atoms with E-state index in [-0.39, 0.29) is 16.2 Å². The van der Waals surface area contributed by atoms with Crippen LogP contribution in [0.4, 0.5) is 5.69 Å². The molecule has 1 amide bonds. The molecule has 0 atom stereocenters. The van der Waals surface area contributed by atoms with Gasteiger partial charge in [-0.1, -0.05) is 25.3 Å². The number of hydrogen-bond donors (Lipinski definition) is 2.